The van der Waals surface area contributed by atoms with Crippen molar-refractivity contribution in [1.29, 1.82) is 0 Å². The van der Waals surface area contributed by atoms with E-state index < -0.39 is 15.7 Å². The molecule has 6 nitrogen and oxygen atoms in total. The minimum atomic E-state index is -1.25. The molecule has 8 heteroatoms. The number of nitrogens with zero attached hydrogens (tertiary/aromatic N) is 3. The van der Waals surface area contributed by atoms with Gasteiger partial charge in [-0.15, -0.1) is 11.3 Å². The topological polar surface area (TPSA) is 76.9 Å². The van der Waals surface area contributed by atoms with E-state index in [1.165, 1.54) is 11.3 Å². The van der Waals surface area contributed by atoms with Crippen LogP contribution in [0.25, 0.3) is 32.5 Å². The highest BCUT2D eigenvalue weighted by Crippen LogP contribution is 2.31. The van der Waals surface area contributed by atoms with Gasteiger partial charge in [-0.3, -0.25) is 9.36 Å². The first-order chi connectivity index (χ1) is 14.6. The van der Waals surface area contributed by atoms with E-state index in [-0.39, 0.29) is 11.6 Å². The summed E-state index contributed by atoms with van der Waals surface area (Å²) >= 11 is 1.53. The first-order valence-electron chi connectivity index (χ1n) is 10.1. The second-order valence-electron chi connectivity index (χ2n) is 8.78. The SMILES string of the molecule is Cc1cc([C@@H](C)N[S@](=O)C(C)(C)C)c2nc(-c3cccc4ncsc34)n(C)c(=O)c2c1. The summed E-state index contributed by atoms with van der Waals surface area (Å²) in [7, 11) is 0.503. The third-order valence-corrected chi connectivity index (χ3v) is 7.81. The minimum absolute atomic E-state index is 0.101. The Morgan fingerprint density at radius 1 is 1.23 bits per heavy atom. The fourth-order valence-electron chi connectivity index (χ4n) is 3.59. The minimum Gasteiger partial charge on any atom is -0.295 e. The van der Waals surface area contributed by atoms with Crippen LogP contribution >= 0.6 is 11.3 Å². The van der Waals surface area contributed by atoms with Crippen LogP contribution in [0.5, 0.6) is 0 Å². The molecule has 0 radical (unpaired) electrons. The molecule has 0 spiro atoms. The second kappa shape index (κ2) is 7.93. The largest absolute Gasteiger partial charge is 0.295 e. The van der Waals surface area contributed by atoms with Crippen LogP contribution in [0, 0.1) is 6.92 Å². The number of nitrogens with one attached hydrogen (secondary N) is 1. The summed E-state index contributed by atoms with van der Waals surface area (Å²) in [5.41, 5.74) is 5.93. The van der Waals surface area contributed by atoms with Crippen molar-refractivity contribution in [3.63, 3.8) is 0 Å². The number of hydrogen-bond acceptors (Lipinski definition) is 5. The zero-order valence-electron chi connectivity index (χ0n) is 18.5. The zero-order chi connectivity index (χ0) is 22.5. The van der Waals surface area contributed by atoms with Gasteiger partial charge >= 0.3 is 0 Å². The molecule has 2 aromatic carbocycles. The molecular formula is C23H26N4O2S2. The van der Waals surface area contributed by atoms with Crippen LogP contribution in [0.4, 0.5) is 0 Å². The summed E-state index contributed by atoms with van der Waals surface area (Å²) in [5, 5.41) is 0.563. The van der Waals surface area contributed by atoms with Gasteiger partial charge in [-0.05, 0) is 63.9 Å². The fraction of sp³-hybridized carbons (Fsp3) is 0.348. The summed E-state index contributed by atoms with van der Waals surface area (Å²) in [5.74, 6) is 0.599. The molecule has 162 valence electrons. The van der Waals surface area contributed by atoms with E-state index in [0.717, 1.165) is 26.9 Å². The highest BCUT2D eigenvalue weighted by molar-refractivity contribution is 7.84. The maximum Gasteiger partial charge on any atom is 0.261 e. The van der Waals surface area contributed by atoms with E-state index in [4.69, 9.17) is 4.98 Å². The van der Waals surface area contributed by atoms with Gasteiger partial charge in [-0.1, -0.05) is 12.1 Å². The molecule has 0 saturated carbocycles. The zero-order valence-corrected chi connectivity index (χ0v) is 20.1. The molecule has 4 aromatic rings. The highest BCUT2D eigenvalue weighted by atomic mass is 32.2. The predicted octanol–water partition coefficient (Wildman–Crippen LogP) is 4.63. The monoisotopic (exact) mass is 454 g/mol. The molecule has 31 heavy (non-hydrogen) atoms. The van der Waals surface area contributed by atoms with E-state index >= 15 is 0 Å². The van der Waals surface area contributed by atoms with Gasteiger partial charge in [0.25, 0.3) is 5.56 Å². The summed E-state index contributed by atoms with van der Waals surface area (Å²) in [6.45, 7) is 9.71. The van der Waals surface area contributed by atoms with Gasteiger partial charge < -0.3 is 0 Å². The van der Waals surface area contributed by atoms with Crippen molar-refractivity contribution in [2.75, 3.05) is 0 Å². The first-order valence-corrected chi connectivity index (χ1v) is 12.1. The molecule has 1 N–H and O–H groups in total. The second-order valence-corrected chi connectivity index (χ2v) is 11.6. The van der Waals surface area contributed by atoms with E-state index in [0.29, 0.717) is 16.7 Å². The Labute approximate surface area is 188 Å². The van der Waals surface area contributed by atoms with Gasteiger partial charge in [-0.25, -0.2) is 18.9 Å². The van der Waals surface area contributed by atoms with E-state index in [1.54, 1.807) is 17.1 Å². The van der Waals surface area contributed by atoms with Crippen molar-refractivity contribution in [3.05, 3.63) is 57.3 Å². The third-order valence-electron chi connectivity index (χ3n) is 5.26. The van der Waals surface area contributed by atoms with Crippen molar-refractivity contribution in [2.45, 2.75) is 45.4 Å². The molecule has 2 atom stereocenters. The molecule has 0 amide bonds. The van der Waals surface area contributed by atoms with Crippen molar-refractivity contribution < 1.29 is 4.21 Å². The first kappa shape index (κ1) is 21.8. The maximum atomic E-state index is 13.3. The summed E-state index contributed by atoms with van der Waals surface area (Å²) in [6, 6.07) is 9.51. The van der Waals surface area contributed by atoms with Crippen LogP contribution in [0.3, 0.4) is 0 Å². The van der Waals surface area contributed by atoms with Gasteiger partial charge in [0, 0.05) is 18.7 Å². The molecule has 4 rings (SSSR count). The molecule has 0 fully saturated rings. The van der Waals surface area contributed by atoms with E-state index in [1.807, 2.05) is 65.0 Å². The van der Waals surface area contributed by atoms with E-state index in [2.05, 4.69) is 9.71 Å². The Hall–Kier alpha value is -2.42. The van der Waals surface area contributed by atoms with Gasteiger partial charge in [0.2, 0.25) is 0 Å². The van der Waals surface area contributed by atoms with Gasteiger partial charge in [0.1, 0.15) is 5.82 Å². The summed E-state index contributed by atoms with van der Waals surface area (Å²) in [4.78, 5) is 22.7. The van der Waals surface area contributed by atoms with Crippen LogP contribution in [-0.4, -0.2) is 23.5 Å². The number of thiazole rings is 1. The lowest BCUT2D eigenvalue weighted by atomic mass is 10.0. The number of rotatable bonds is 4. The molecule has 0 bridgehead atoms. The molecule has 0 aliphatic rings. The molecule has 0 saturated heterocycles. The van der Waals surface area contributed by atoms with Gasteiger partial charge in [-0.2, -0.15) is 0 Å². The lowest BCUT2D eigenvalue weighted by Gasteiger charge is -2.23. The van der Waals surface area contributed by atoms with E-state index in [9.17, 15) is 9.00 Å². The molecular weight excluding hydrogens is 428 g/mol. The Balaban J connectivity index is 1.96. The number of benzene rings is 2. The van der Waals surface area contributed by atoms with Crippen LogP contribution in [0.2, 0.25) is 0 Å². The smallest absolute Gasteiger partial charge is 0.261 e. The molecule has 2 heterocycles. The Morgan fingerprint density at radius 3 is 2.68 bits per heavy atom. The van der Waals surface area contributed by atoms with Crippen molar-refractivity contribution in [1.82, 2.24) is 19.3 Å². The third kappa shape index (κ3) is 3.95. The van der Waals surface area contributed by atoms with Crippen LogP contribution in [0.1, 0.15) is 44.9 Å². The quantitative estimate of drug-likeness (QED) is 0.488. The number of hydrogen-bond donors (Lipinski definition) is 1. The van der Waals surface area contributed by atoms with Crippen molar-refractivity contribution >= 4 is 43.4 Å². The van der Waals surface area contributed by atoms with Crippen LogP contribution in [0.15, 0.2) is 40.6 Å². The molecule has 0 aliphatic carbocycles. The average Bonchev–Trinajstić information content (AvgIpc) is 3.18. The van der Waals surface area contributed by atoms with Gasteiger partial charge in [0.05, 0.1) is 42.4 Å². The normalized spacial score (nSPS) is 14.3. The number of fused-ring (bicyclic) bond motifs is 2. The Kier molecular flexibility index (Phi) is 5.57. The van der Waals surface area contributed by atoms with Crippen LogP contribution in [-0.2, 0) is 18.0 Å². The molecule has 0 unspecified atom stereocenters. The van der Waals surface area contributed by atoms with Crippen LogP contribution < -0.4 is 10.3 Å². The lowest BCUT2D eigenvalue weighted by molar-refractivity contribution is 0.617. The maximum absolute atomic E-state index is 13.3. The Morgan fingerprint density at radius 2 is 1.97 bits per heavy atom. The summed E-state index contributed by atoms with van der Waals surface area (Å²) in [6.07, 6.45) is 0. The lowest BCUT2D eigenvalue weighted by Crippen LogP contribution is -2.35. The van der Waals surface area contributed by atoms with Crippen molar-refractivity contribution in [3.8, 4) is 11.4 Å². The summed E-state index contributed by atoms with van der Waals surface area (Å²) < 4.78 is 18.1. The standard InChI is InChI=1S/C23H26N4O2S2/c1-13-10-16(14(2)26-31(29)23(3,4)5)19-17(11-13)22(28)27(6)21(25-19)15-8-7-9-18-20(15)30-12-24-18/h7-12,14,26H,1-6H3/t14-,31-/m1/s1. The number of aryl methyl sites for hydroxylation is 1. The predicted molar refractivity (Wildman–Crippen MR) is 130 cm³/mol. The Bertz CT molecular complexity index is 1380. The van der Waals surface area contributed by atoms with Crippen molar-refractivity contribution in [2.24, 2.45) is 7.05 Å². The number of aromatic nitrogens is 3. The van der Waals surface area contributed by atoms with Gasteiger partial charge in [0.15, 0.2) is 0 Å². The molecule has 2 aromatic heterocycles. The fourth-order valence-corrected chi connectivity index (χ4v) is 5.19. The molecule has 0 aliphatic heterocycles. The average molecular weight is 455 g/mol. The highest BCUT2D eigenvalue weighted by Gasteiger charge is 2.24.